The van der Waals surface area contributed by atoms with E-state index in [2.05, 4.69) is 0 Å². The van der Waals surface area contributed by atoms with Gasteiger partial charge in [-0.3, -0.25) is 0 Å². The molecule has 2 rings (SSSR count). The molecule has 3 N–H and O–H groups in total. The maximum absolute atomic E-state index is 13.5. The van der Waals surface area contributed by atoms with Gasteiger partial charge >= 0.3 is 0 Å². The van der Waals surface area contributed by atoms with Crippen LogP contribution in [0.4, 0.5) is 17.6 Å². The van der Waals surface area contributed by atoms with Gasteiger partial charge < -0.3 is 5.73 Å². The Hall–Kier alpha value is -0.900. The van der Waals surface area contributed by atoms with Gasteiger partial charge in [0, 0.05) is 18.7 Å². The third-order valence-corrected chi connectivity index (χ3v) is 4.60. The molecule has 10 heteroatoms. The van der Waals surface area contributed by atoms with E-state index in [9.17, 15) is 26.0 Å². The predicted octanol–water partition coefficient (Wildman–Crippen LogP) is 1.68. The van der Waals surface area contributed by atoms with Crippen LogP contribution in [-0.4, -0.2) is 21.0 Å². The van der Waals surface area contributed by atoms with Crippen LogP contribution in [0.1, 0.15) is 12.8 Å². The molecule has 4 nitrogen and oxygen atoms in total. The first-order valence-corrected chi connectivity index (χ1v) is 7.31. The van der Waals surface area contributed by atoms with Gasteiger partial charge in [-0.2, -0.15) is 0 Å². The van der Waals surface area contributed by atoms with Gasteiger partial charge in [0.2, 0.25) is 10.0 Å². The highest BCUT2D eigenvalue weighted by atomic mass is 35.5. The lowest BCUT2D eigenvalue weighted by atomic mass is 10.2. The van der Waals surface area contributed by atoms with Crippen LogP contribution in [0.5, 0.6) is 0 Å². The van der Waals surface area contributed by atoms with E-state index in [0.717, 1.165) is 12.8 Å². The summed E-state index contributed by atoms with van der Waals surface area (Å²) >= 11 is 0. The maximum Gasteiger partial charge on any atom is 0.246 e. The monoisotopic (exact) mass is 348 g/mol. The summed E-state index contributed by atoms with van der Waals surface area (Å²) < 4.78 is 78.8. The van der Waals surface area contributed by atoms with E-state index in [1.165, 1.54) is 0 Å². The quantitative estimate of drug-likeness (QED) is 0.628. The van der Waals surface area contributed by atoms with Crippen molar-refractivity contribution in [1.82, 2.24) is 4.72 Å². The Morgan fingerprint density at radius 3 is 2.05 bits per heavy atom. The average molecular weight is 349 g/mol. The van der Waals surface area contributed by atoms with E-state index in [0.29, 0.717) is 0 Å². The standard InChI is InChI=1S/C11H12F4N2O2S.ClH/c12-6-3-7(13)10(15)11(9(6)14)20(18,19)17-8(4-16)5-1-2-5;/h3,5,8,17H,1-2,4,16H2;1H. The molecule has 1 fully saturated rings. The molecule has 0 heterocycles. The highest BCUT2D eigenvalue weighted by molar-refractivity contribution is 7.89. The summed E-state index contributed by atoms with van der Waals surface area (Å²) in [5, 5.41) is 0. The molecule has 0 spiro atoms. The fourth-order valence-corrected chi connectivity index (χ4v) is 3.35. The lowest BCUT2D eigenvalue weighted by molar-refractivity contribution is 0.415. The van der Waals surface area contributed by atoms with Gasteiger partial charge in [0.15, 0.2) is 28.2 Å². The second kappa shape index (κ2) is 6.47. The SMILES string of the molecule is Cl.NCC(NS(=O)(=O)c1c(F)c(F)cc(F)c1F)C1CC1. The largest absolute Gasteiger partial charge is 0.329 e. The molecule has 1 atom stereocenters. The van der Waals surface area contributed by atoms with E-state index in [4.69, 9.17) is 5.73 Å². The van der Waals surface area contributed by atoms with Crippen LogP contribution in [-0.2, 0) is 10.0 Å². The number of sulfonamides is 1. The molecule has 21 heavy (non-hydrogen) atoms. The van der Waals surface area contributed by atoms with Crippen LogP contribution >= 0.6 is 12.4 Å². The predicted molar refractivity (Wildman–Crippen MR) is 69.4 cm³/mol. The summed E-state index contributed by atoms with van der Waals surface area (Å²) in [4.78, 5) is -1.66. The van der Waals surface area contributed by atoms with Crippen LogP contribution in [0.3, 0.4) is 0 Å². The van der Waals surface area contributed by atoms with Gasteiger partial charge in [-0.05, 0) is 18.8 Å². The Kier molecular flexibility index (Phi) is 5.59. The number of hydrogen-bond acceptors (Lipinski definition) is 3. The molecule has 0 saturated heterocycles. The van der Waals surface area contributed by atoms with Crippen molar-refractivity contribution in [3.63, 3.8) is 0 Å². The minimum absolute atomic E-state index is 0. The van der Waals surface area contributed by atoms with Crippen LogP contribution in [0.2, 0.25) is 0 Å². The number of hydrogen-bond donors (Lipinski definition) is 2. The van der Waals surface area contributed by atoms with Gasteiger partial charge in [0.1, 0.15) is 0 Å². The molecule has 0 radical (unpaired) electrons. The fourth-order valence-electron chi connectivity index (χ4n) is 1.88. The van der Waals surface area contributed by atoms with E-state index in [1.807, 2.05) is 4.72 Å². The molecule has 1 aliphatic rings. The Bertz CT molecular complexity index is 611. The Morgan fingerprint density at radius 1 is 1.19 bits per heavy atom. The lowest BCUT2D eigenvalue weighted by Crippen LogP contribution is -2.42. The number of halogens is 5. The number of benzene rings is 1. The van der Waals surface area contributed by atoms with E-state index < -0.39 is 44.2 Å². The Balaban J connectivity index is 0.00000220. The van der Waals surface area contributed by atoms with Crippen molar-refractivity contribution in [3.8, 4) is 0 Å². The number of nitrogens with two attached hydrogens (primary N) is 1. The molecule has 0 aromatic heterocycles. The fraction of sp³-hybridized carbons (Fsp3) is 0.455. The van der Waals surface area contributed by atoms with Crippen LogP contribution in [0, 0.1) is 29.2 Å². The minimum atomic E-state index is -4.74. The summed E-state index contributed by atoms with van der Waals surface area (Å²) in [6, 6.07) is -0.768. The molecule has 0 bridgehead atoms. The summed E-state index contributed by atoms with van der Waals surface area (Å²) in [5.41, 5.74) is 5.37. The van der Waals surface area contributed by atoms with Crippen molar-refractivity contribution in [2.24, 2.45) is 11.7 Å². The van der Waals surface area contributed by atoms with Gasteiger partial charge in [-0.1, -0.05) is 0 Å². The minimum Gasteiger partial charge on any atom is -0.329 e. The molecular formula is C11H13ClF4N2O2S. The normalized spacial score (nSPS) is 16.4. The van der Waals surface area contributed by atoms with Gasteiger partial charge in [0.25, 0.3) is 0 Å². The smallest absolute Gasteiger partial charge is 0.246 e. The maximum atomic E-state index is 13.5. The van der Waals surface area contributed by atoms with Crippen LogP contribution in [0.15, 0.2) is 11.0 Å². The second-order valence-corrected chi connectivity index (χ2v) is 6.25. The van der Waals surface area contributed by atoms with Crippen molar-refractivity contribution in [2.45, 2.75) is 23.8 Å². The Morgan fingerprint density at radius 2 is 1.67 bits per heavy atom. The highest BCUT2D eigenvalue weighted by Gasteiger charge is 2.36. The van der Waals surface area contributed by atoms with E-state index >= 15 is 0 Å². The van der Waals surface area contributed by atoms with Gasteiger partial charge in [0.05, 0.1) is 0 Å². The molecule has 1 saturated carbocycles. The Labute approximate surface area is 125 Å². The molecule has 1 aliphatic carbocycles. The lowest BCUT2D eigenvalue weighted by Gasteiger charge is -2.17. The second-order valence-electron chi connectivity index (χ2n) is 4.60. The first-order valence-electron chi connectivity index (χ1n) is 5.83. The molecule has 1 unspecified atom stereocenters. The zero-order valence-corrected chi connectivity index (χ0v) is 12.2. The summed E-state index contributed by atoms with van der Waals surface area (Å²) in [7, 11) is -4.74. The first-order chi connectivity index (χ1) is 9.27. The summed E-state index contributed by atoms with van der Waals surface area (Å²) in [5.74, 6) is -7.50. The zero-order chi connectivity index (χ0) is 15.1. The number of nitrogens with one attached hydrogen (secondary N) is 1. The summed E-state index contributed by atoms with van der Waals surface area (Å²) in [6.07, 6.45) is 1.46. The zero-order valence-electron chi connectivity index (χ0n) is 10.6. The third kappa shape index (κ3) is 3.65. The first kappa shape index (κ1) is 18.1. The number of rotatable bonds is 5. The topological polar surface area (TPSA) is 72.2 Å². The molecule has 0 amide bonds. The van der Waals surface area contributed by atoms with Crippen molar-refractivity contribution >= 4 is 22.4 Å². The van der Waals surface area contributed by atoms with E-state index in [1.54, 1.807) is 0 Å². The third-order valence-electron chi connectivity index (χ3n) is 3.09. The molecule has 0 aliphatic heterocycles. The molecule has 1 aromatic rings. The average Bonchev–Trinajstić information content (AvgIpc) is 3.18. The van der Waals surface area contributed by atoms with Crippen molar-refractivity contribution in [2.75, 3.05) is 6.54 Å². The van der Waals surface area contributed by atoms with Crippen molar-refractivity contribution in [3.05, 3.63) is 29.3 Å². The molecular weight excluding hydrogens is 336 g/mol. The van der Waals surface area contributed by atoms with Crippen molar-refractivity contribution < 1.29 is 26.0 Å². The van der Waals surface area contributed by atoms with E-state index in [-0.39, 0.29) is 30.9 Å². The van der Waals surface area contributed by atoms with Gasteiger partial charge in [-0.25, -0.2) is 30.7 Å². The van der Waals surface area contributed by atoms with Crippen LogP contribution in [0.25, 0.3) is 0 Å². The molecule has 120 valence electrons. The van der Waals surface area contributed by atoms with Crippen molar-refractivity contribution in [1.29, 1.82) is 0 Å². The molecule has 1 aromatic carbocycles. The van der Waals surface area contributed by atoms with Crippen LogP contribution < -0.4 is 10.5 Å². The highest BCUT2D eigenvalue weighted by Crippen LogP contribution is 2.33. The summed E-state index contributed by atoms with van der Waals surface area (Å²) in [6.45, 7) is -0.0784. The van der Waals surface area contributed by atoms with Gasteiger partial charge in [-0.15, -0.1) is 12.4 Å².